The molecule has 0 aromatic carbocycles. The Kier molecular flexibility index (Phi) is 4.30. The molecule has 2 heterocycles. The van der Waals surface area contributed by atoms with E-state index in [9.17, 15) is 4.79 Å². The number of carboxylic acids is 1. The van der Waals surface area contributed by atoms with E-state index >= 15 is 0 Å². The minimum absolute atomic E-state index is 0.121. The third kappa shape index (κ3) is 3.85. The van der Waals surface area contributed by atoms with E-state index in [1.165, 1.54) is 11.3 Å². The average Bonchev–Trinajstić information content (AvgIpc) is 2.97. The Balaban J connectivity index is 1.74. The minimum Gasteiger partial charge on any atom is -0.481 e. The van der Waals surface area contributed by atoms with Crippen LogP contribution in [0, 0.1) is 0 Å². The zero-order valence-electron chi connectivity index (χ0n) is 9.72. The lowest BCUT2D eigenvalue weighted by Gasteiger charge is -1.99. The van der Waals surface area contributed by atoms with Gasteiger partial charge < -0.3 is 15.4 Å². The summed E-state index contributed by atoms with van der Waals surface area (Å²) in [4.78, 5) is 21.9. The van der Waals surface area contributed by atoms with Crippen molar-refractivity contribution >= 4 is 22.4 Å². The molecule has 2 aromatic rings. The Hall–Kier alpha value is -1.89. The number of aromatic nitrogens is 3. The van der Waals surface area contributed by atoms with Crippen molar-refractivity contribution in [3.63, 3.8) is 0 Å². The lowest BCUT2D eigenvalue weighted by molar-refractivity contribution is -0.136. The largest absolute Gasteiger partial charge is 0.481 e. The Labute approximate surface area is 108 Å². The second kappa shape index (κ2) is 6.15. The Morgan fingerprint density at radius 2 is 2.39 bits per heavy atom. The van der Waals surface area contributed by atoms with Gasteiger partial charge in [-0.2, -0.15) is 0 Å². The van der Waals surface area contributed by atoms with E-state index in [0.29, 0.717) is 6.42 Å². The van der Waals surface area contributed by atoms with Crippen molar-refractivity contribution < 1.29 is 9.90 Å². The van der Waals surface area contributed by atoms with Gasteiger partial charge in [-0.1, -0.05) is 0 Å². The number of carboxylic acid groups (broad SMARTS) is 1. The highest BCUT2D eigenvalue weighted by Crippen LogP contribution is 2.16. The van der Waals surface area contributed by atoms with Crippen molar-refractivity contribution in [2.75, 3.05) is 11.9 Å². The van der Waals surface area contributed by atoms with Gasteiger partial charge in [0, 0.05) is 37.2 Å². The first-order valence-electron chi connectivity index (χ1n) is 5.62. The standard InChI is InChI=1S/C11H14N4O2S/c16-10(17)2-1-8-7-18-11(15-8)14-4-3-9-12-5-6-13-9/h5-7H,1-4H2,(H,12,13)(H,14,15)(H,16,17). The first-order chi connectivity index (χ1) is 8.74. The fourth-order valence-corrected chi connectivity index (χ4v) is 2.23. The number of rotatable bonds is 7. The predicted molar refractivity (Wildman–Crippen MR) is 68.9 cm³/mol. The van der Waals surface area contributed by atoms with Crippen LogP contribution >= 0.6 is 11.3 Å². The van der Waals surface area contributed by atoms with Gasteiger partial charge in [-0.25, -0.2) is 9.97 Å². The van der Waals surface area contributed by atoms with Crippen molar-refractivity contribution in [3.8, 4) is 0 Å². The summed E-state index contributed by atoms with van der Waals surface area (Å²) in [7, 11) is 0. The Bertz CT molecular complexity index is 495. The molecule has 2 aromatic heterocycles. The van der Waals surface area contributed by atoms with Crippen LogP contribution < -0.4 is 5.32 Å². The molecule has 0 saturated heterocycles. The third-order valence-electron chi connectivity index (χ3n) is 2.34. The van der Waals surface area contributed by atoms with Crippen molar-refractivity contribution in [1.82, 2.24) is 15.0 Å². The van der Waals surface area contributed by atoms with Crippen molar-refractivity contribution in [2.24, 2.45) is 0 Å². The maximum Gasteiger partial charge on any atom is 0.303 e. The quantitative estimate of drug-likeness (QED) is 0.707. The molecule has 0 fully saturated rings. The van der Waals surface area contributed by atoms with Crippen LogP contribution in [0.5, 0.6) is 0 Å². The number of aryl methyl sites for hydroxylation is 1. The SMILES string of the molecule is O=C(O)CCc1csc(NCCc2ncc[nH]2)n1. The number of nitrogens with one attached hydrogen (secondary N) is 2. The monoisotopic (exact) mass is 266 g/mol. The fourth-order valence-electron chi connectivity index (χ4n) is 1.46. The van der Waals surface area contributed by atoms with Gasteiger partial charge in [0.2, 0.25) is 0 Å². The van der Waals surface area contributed by atoms with Gasteiger partial charge in [0.05, 0.1) is 12.1 Å². The third-order valence-corrected chi connectivity index (χ3v) is 3.19. The van der Waals surface area contributed by atoms with Crippen LogP contribution in [-0.2, 0) is 17.6 Å². The topological polar surface area (TPSA) is 90.9 Å². The number of imidazole rings is 1. The maximum atomic E-state index is 10.4. The van der Waals surface area contributed by atoms with Gasteiger partial charge >= 0.3 is 5.97 Å². The van der Waals surface area contributed by atoms with Crippen LogP contribution in [0.2, 0.25) is 0 Å². The van der Waals surface area contributed by atoms with Gasteiger partial charge in [-0.15, -0.1) is 11.3 Å². The summed E-state index contributed by atoms with van der Waals surface area (Å²) in [6.45, 7) is 0.749. The molecule has 0 bridgehead atoms. The summed E-state index contributed by atoms with van der Waals surface area (Å²) in [5.41, 5.74) is 0.822. The molecule has 2 rings (SSSR count). The van der Waals surface area contributed by atoms with Crippen LogP contribution in [0.1, 0.15) is 17.9 Å². The first kappa shape index (κ1) is 12.6. The smallest absolute Gasteiger partial charge is 0.303 e. The Morgan fingerprint density at radius 3 is 3.11 bits per heavy atom. The molecular formula is C11H14N4O2S. The molecule has 0 aliphatic rings. The summed E-state index contributed by atoms with van der Waals surface area (Å²) >= 11 is 1.49. The van der Waals surface area contributed by atoms with E-state index < -0.39 is 5.97 Å². The van der Waals surface area contributed by atoms with Gasteiger partial charge in [-0.3, -0.25) is 4.79 Å². The van der Waals surface area contributed by atoms with E-state index in [-0.39, 0.29) is 6.42 Å². The number of aromatic amines is 1. The molecular weight excluding hydrogens is 252 g/mol. The molecule has 96 valence electrons. The van der Waals surface area contributed by atoms with Crippen molar-refractivity contribution in [2.45, 2.75) is 19.3 Å². The second-order valence-corrected chi connectivity index (χ2v) is 4.61. The number of nitrogens with zero attached hydrogens (tertiary/aromatic N) is 2. The molecule has 0 amide bonds. The molecule has 0 radical (unpaired) electrons. The highest BCUT2D eigenvalue weighted by atomic mass is 32.1. The number of aliphatic carboxylic acids is 1. The molecule has 0 unspecified atom stereocenters. The summed E-state index contributed by atoms with van der Waals surface area (Å²) < 4.78 is 0. The minimum atomic E-state index is -0.796. The lowest BCUT2D eigenvalue weighted by atomic mass is 10.2. The summed E-state index contributed by atoms with van der Waals surface area (Å²) in [6.07, 6.45) is 4.92. The molecule has 0 spiro atoms. The predicted octanol–water partition coefficient (Wildman–Crippen LogP) is 1.54. The van der Waals surface area contributed by atoms with Crippen LogP contribution in [0.25, 0.3) is 0 Å². The van der Waals surface area contributed by atoms with Gasteiger partial charge in [-0.05, 0) is 0 Å². The molecule has 0 atom stereocenters. The number of anilines is 1. The summed E-state index contributed by atoms with van der Waals surface area (Å²) in [5.74, 6) is 0.139. The van der Waals surface area contributed by atoms with Crippen LogP contribution in [0.3, 0.4) is 0 Å². The number of hydrogen-bond donors (Lipinski definition) is 3. The van der Waals surface area contributed by atoms with Gasteiger partial charge in [0.25, 0.3) is 0 Å². The summed E-state index contributed by atoms with van der Waals surface area (Å²) in [6, 6.07) is 0. The Morgan fingerprint density at radius 1 is 1.50 bits per heavy atom. The second-order valence-electron chi connectivity index (χ2n) is 3.75. The first-order valence-corrected chi connectivity index (χ1v) is 6.50. The van der Waals surface area contributed by atoms with Gasteiger partial charge in [0.1, 0.15) is 5.82 Å². The molecule has 7 heteroatoms. The van der Waals surface area contributed by atoms with E-state index in [1.54, 1.807) is 12.4 Å². The highest BCUT2D eigenvalue weighted by Gasteiger charge is 2.04. The number of thiazole rings is 1. The van der Waals surface area contributed by atoms with Crippen molar-refractivity contribution in [3.05, 3.63) is 29.3 Å². The van der Waals surface area contributed by atoms with E-state index in [2.05, 4.69) is 20.3 Å². The highest BCUT2D eigenvalue weighted by molar-refractivity contribution is 7.13. The van der Waals surface area contributed by atoms with Crippen LogP contribution in [0.4, 0.5) is 5.13 Å². The van der Waals surface area contributed by atoms with Crippen LogP contribution in [0.15, 0.2) is 17.8 Å². The number of hydrogen-bond acceptors (Lipinski definition) is 5. The molecule has 18 heavy (non-hydrogen) atoms. The molecule has 0 aliphatic carbocycles. The zero-order valence-corrected chi connectivity index (χ0v) is 10.5. The van der Waals surface area contributed by atoms with Crippen LogP contribution in [-0.4, -0.2) is 32.6 Å². The summed E-state index contributed by atoms with van der Waals surface area (Å²) in [5, 5.41) is 14.5. The average molecular weight is 266 g/mol. The number of H-pyrrole nitrogens is 1. The van der Waals surface area contributed by atoms with Gasteiger partial charge in [0.15, 0.2) is 5.13 Å². The van der Waals surface area contributed by atoms with E-state index in [4.69, 9.17) is 5.11 Å². The van der Waals surface area contributed by atoms with E-state index in [0.717, 1.165) is 29.6 Å². The molecule has 6 nitrogen and oxygen atoms in total. The molecule has 3 N–H and O–H groups in total. The van der Waals surface area contributed by atoms with E-state index in [1.807, 2.05) is 5.38 Å². The zero-order chi connectivity index (χ0) is 12.8. The lowest BCUT2D eigenvalue weighted by Crippen LogP contribution is -2.06. The molecule has 0 aliphatic heterocycles. The molecule has 0 saturated carbocycles. The van der Waals surface area contributed by atoms with Crippen molar-refractivity contribution in [1.29, 1.82) is 0 Å². The maximum absolute atomic E-state index is 10.4. The number of carbonyl (C=O) groups is 1. The normalized spacial score (nSPS) is 10.4. The fraction of sp³-hybridized carbons (Fsp3) is 0.364.